The summed E-state index contributed by atoms with van der Waals surface area (Å²) in [6.07, 6.45) is 17.4. The minimum absolute atomic E-state index is 0.320. The van der Waals surface area contributed by atoms with Crippen LogP contribution in [0.5, 0.6) is 0 Å². The highest BCUT2D eigenvalue weighted by Gasteiger charge is 2.23. The second-order valence-electron chi connectivity index (χ2n) is 11.4. The van der Waals surface area contributed by atoms with E-state index in [0.29, 0.717) is 18.6 Å². The Balaban J connectivity index is 1.23. The first-order valence-electron chi connectivity index (χ1n) is 14.3. The Labute approximate surface area is 208 Å². The van der Waals surface area contributed by atoms with E-state index in [-0.39, 0.29) is 0 Å². The van der Waals surface area contributed by atoms with Gasteiger partial charge in [-0.2, -0.15) is 0 Å². The van der Waals surface area contributed by atoms with E-state index < -0.39 is 0 Å². The molecule has 0 saturated heterocycles. The SMILES string of the molecule is CCCC1CCC(c2ccc(CC(=O)Cc3ccc([C@H]4CC[C@H](CCC)CC4)cc3)cc2)CC1. The van der Waals surface area contributed by atoms with Gasteiger partial charge in [-0.15, -0.1) is 0 Å². The van der Waals surface area contributed by atoms with Crippen molar-refractivity contribution in [1.29, 1.82) is 0 Å². The monoisotopic (exact) mass is 458 g/mol. The maximum Gasteiger partial charge on any atom is 0.141 e. The quantitative estimate of drug-likeness (QED) is 0.347. The highest BCUT2D eigenvalue weighted by atomic mass is 16.1. The van der Waals surface area contributed by atoms with Crippen molar-refractivity contribution in [2.45, 2.75) is 116 Å². The molecule has 1 nitrogen and oxygen atoms in total. The minimum atomic E-state index is 0.320. The standard InChI is InChI=1S/C33H46O/c1-3-5-25-7-15-29(16-8-25)31-19-11-27(12-20-31)23-33(34)24-28-13-21-32(22-14-28)30-17-9-26(6-4-2)10-18-30/h11-14,19-22,25-26,29-30H,3-10,15-18,23-24H2,1-2H3/t25-,26?,29-,30?. The Morgan fingerprint density at radius 3 is 1.26 bits per heavy atom. The first-order valence-corrected chi connectivity index (χ1v) is 14.3. The molecular weight excluding hydrogens is 412 g/mol. The average molecular weight is 459 g/mol. The smallest absolute Gasteiger partial charge is 0.141 e. The van der Waals surface area contributed by atoms with Crippen molar-refractivity contribution in [1.82, 2.24) is 0 Å². The predicted octanol–water partition coefficient (Wildman–Crippen LogP) is 9.19. The molecule has 34 heavy (non-hydrogen) atoms. The van der Waals surface area contributed by atoms with Gasteiger partial charge in [-0.05, 0) is 97.3 Å². The Morgan fingerprint density at radius 1 is 0.588 bits per heavy atom. The van der Waals surface area contributed by atoms with Gasteiger partial charge >= 0.3 is 0 Å². The summed E-state index contributed by atoms with van der Waals surface area (Å²) in [5.74, 6) is 3.66. The first-order chi connectivity index (χ1) is 16.6. The van der Waals surface area contributed by atoms with Gasteiger partial charge < -0.3 is 0 Å². The average Bonchev–Trinajstić information content (AvgIpc) is 2.86. The van der Waals surface area contributed by atoms with Crippen LogP contribution in [0.15, 0.2) is 48.5 Å². The van der Waals surface area contributed by atoms with Gasteiger partial charge in [0.25, 0.3) is 0 Å². The molecule has 0 aromatic heterocycles. The second kappa shape index (κ2) is 12.7. The van der Waals surface area contributed by atoms with E-state index in [1.165, 1.54) is 88.2 Å². The Bertz CT molecular complexity index is 788. The van der Waals surface area contributed by atoms with Gasteiger partial charge in [-0.1, -0.05) is 88.1 Å². The minimum Gasteiger partial charge on any atom is -0.299 e. The van der Waals surface area contributed by atoms with Gasteiger partial charge in [-0.3, -0.25) is 4.79 Å². The molecule has 184 valence electrons. The van der Waals surface area contributed by atoms with E-state index in [0.717, 1.165) is 34.8 Å². The number of carbonyl (C=O) groups is 1. The summed E-state index contributed by atoms with van der Waals surface area (Å²) >= 11 is 0. The van der Waals surface area contributed by atoms with E-state index in [1.54, 1.807) is 0 Å². The fourth-order valence-corrected chi connectivity index (χ4v) is 6.72. The van der Waals surface area contributed by atoms with Crippen molar-refractivity contribution in [2.24, 2.45) is 11.8 Å². The zero-order valence-corrected chi connectivity index (χ0v) is 21.7. The van der Waals surface area contributed by atoms with Gasteiger partial charge in [0.05, 0.1) is 0 Å². The fourth-order valence-electron chi connectivity index (χ4n) is 6.72. The fraction of sp³-hybridized carbons (Fsp3) is 0.606. The van der Waals surface area contributed by atoms with Crippen LogP contribution in [0.2, 0.25) is 0 Å². The van der Waals surface area contributed by atoms with E-state index in [4.69, 9.17) is 0 Å². The van der Waals surface area contributed by atoms with Crippen molar-refractivity contribution in [2.75, 3.05) is 0 Å². The largest absolute Gasteiger partial charge is 0.299 e. The van der Waals surface area contributed by atoms with Gasteiger partial charge in [0.15, 0.2) is 0 Å². The molecule has 2 aromatic rings. The van der Waals surface area contributed by atoms with Gasteiger partial charge in [0, 0.05) is 12.8 Å². The number of hydrogen-bond donors (Lipinski definition) is 0. The van der Waals surface area contributed by atoms with Crippen LogP contribution in [0.3, 0.4) is 0 Å². The molecule has 2 aromatic carbocycles. The van der Waals surface area contributed by atoms with E-state index in [2.05, 4.69) is 62.4 Å². The molecule has 0 N–H and O–H groups in total. The van der Waals surface area contributed by atoms with Crippen LogP contribution in [0.1, 0.15) is 125 Å². The highest BCUT2D eigenvalue weighted by Crippen LogP contribution is 2.38. The van der Waals surface area contributed by atoms with E-state index in [1.807, 2.05) is 0 Å². The summed E-state index contributed by atoms with van der Waals surface area (Å²) < 4.78 is 0. The molecule has 2 saturated carbocycles. The lowest BCUT2D eigenvalue weighted by atomic mass is 9.77. The molecule has 0 bridgehead atoms. The molecule has 1 heteroatoms. The maximum absolute atomic E-state index is 12.8. The third-order valence-corrected chi connectivity index (χ3v) is 8.79. The van der Waals surface area contributed by atoms with Crippen molar-refractivity contribution < 1.29 is 4.79 Å². The van der Waals surface area contributed by atoms with Crippen molar-refractivity contribution >= 4 is 5.78 Å². The summed E-state index contributed by atoms with van der Waals surface area (Å²) in [5.41, 5.74) is 5.28. The van der Waals surface area contributed by atoms with Crippen molar-refractivity contribution in [3.63, 3.8) is 0 Å². The van der Waals surface area contributed by atoms with E-state index >= 15 is 0 Å². The molecular formula is C33H46O. The molecule has 4 rings (SSSR count). The summed E-state index contributed by atoms with van der Waals surface area (Å²) in [6.45, 7) is 4.61. The van der Waals surface area contributed by atoms with Crippen molar-refractivity contribution in [3.8, 4) is 0 Å². The Kier molecular flexibility index (Phi) is 9.42. The zero-order chi connectivity index (χ0) is 23.8. The van der Waals surface area contributed by atoms with Crippen LogP contribution < -0.4 is 0 Å². The van der Waals surface area contributed by atoms with Crippen LogP contribution in [0.25, 0.3) is 0 Å². The van der Waals surface area contributed by atoms with Crippen LogP contribution in [0.4, 0.5) is 0 Å². The third-order valence-electron chi connectivity index (χ3n) is 8.79. The molecule has 0 atom stereocenters. The lowest BCUT2D eigenvalue weighted by Crippen LogP contribution is -2.13. The molecule has 0 unspecified atom stereocenters. The van der Waals surface area contributed by atoms with Crippen LogP contribution >= 0.6 is 0 Å². The molecule has 0 heterocycles. The van der Waals surface area contributed by atoms with Gasteiger partial charge in [0.2, 0.25) is 0 Å². The first kappa shape index (κ1) is 25.2. The third kappa shape index (κ3) is 7.06. The van der Waals surface area contributed by atoms with Crippen molar-refractivity contribution in [3.05, 3.63) is 70.8 Å². The lowest BCUT2D eigenvalue weighted by molar-refractivity contribution is -0.117. The number of carbonyl (C=O) groups excluding carboxylic acids is 1. The highest BCUT2D eigenvalue weighted by molar-refractivity contribution is 5.83. The number of benzene rings is 2. The van der Waals surface area contributed by atoms with Gasteiger partial charge in [0.1, 0.15) is 5.78 Å². The normalized spacial score (nSPS) is 25.2. The van der Waals surface area contributed by atoms with E-state index in [9.17, 15) is 4.79 Å². The molecule has 0 aliphatic heterocycles. The lowest BCUT2D eigenvalue weighted by Gasteiger charge is -2.28. The topological polar surface area (TPSA) is 17.1 Å². The molecule has 0 spiro atoms. The summed E-state index contributed by atoms with van der Waals surface area (Å²) in [4.78, 5) is 12.8. The zero-order valence-electron chi connectivity index (χ0n) is 21.7. The Hall–Kier alpha value is -1.89. The predicted molar refractivity (Wildman–Crippen MR) is 145 cm³/mol. The Morgan fingerprint density at radius 2 is 0.941 bits per heavy atom. The molecule has 2 aliphatic carbocycles. The maximum atomic E-state index is 12.8. The molecule has 0 radical (unpaired) electrons. The molecule has 2 fully saturated rings. The molecule has 2 aliphatic rings. The van der Waals surface area contributed by atoms with Gasteiger partial charge in [-0.25, -0.2) is 0 Å². The summed E-state index contributed by atoms with van der Waals surface area (Å²) in [6, 6.07) is 17.9. The number of ketones is 1. The number of hydrogen-bond acceptors (Lipinski definition) is 1. The van der Waals surface area contributed by atoms with Crippen LogP contribution in [-0.4, -0.2) is 5.78 Å². The summed E-state index contributed by atoms with van der Waals surface area (Å²) in [5, 5.41) is 0. The van der Waals surface area contributed by atoms with Crippen LogP contribution in [0, 0.1) is 11.8 Å². The van der Waals surface area contributed by atoms with Crippen LogP contribution in [-0.2, 0) is 17.6 Å². The number of rotatable bonds is 10. The molecule has 0 amide bonds. The second-order valence-corrected chi connectivity index (χ2v) is 11.4. The summed E-state index contributed by atoms with van der Waals surface area (Å²) in [7, 11) is 0. The number of Topliss-reactive ketones (excluding diaryl/α,β-unsaturated/α-hetero) is 1.